The fraction of sp³-hybridized carbons (Fsp3) is 0.111. The normalized spacial score (nSPS) is 12.2. The third-order valence-corrected chi connectivity index (χ3v) is 7.34. The van der Waals surface area contributed by atoms with Crippen molar-refractivity contribution < 1.29 is 22.7 Å². The number of ether oxygens (including phenoxy) is 1. The van der Waals surface area contributed by atoms with Crippen molar-refractivity contribution in [3.05, 3.63) is 100 Å². The number of amides is 2. The Bertz CT molecular complexity index is 1570. The Labute approximate surface area is 241 Å². The second kappa shape index (κ2) is 11.4. The Hall–Kier alpha value is -3.80. The molecule has 2 amide bonds. The molecule has 1 aliphatic carbocycles. The van der Waals surface area contributed by atoms with E-state index in [1.165, 1.54) is 12.1 Å². The van der Waals surface area contributed by atoms with Crippen LogP contribution in [0.3, 0.4) is 0 Å². The van der Waals surface area contributed by atoms with Gasteiger partial charge in [0.2, 0.25) is 0 Å². The Morgan fingerprint density at radius 2 is 1.75 bits per heavy atom. The summed E-state index contributed by atoms with van der Waals surface area (Å²) in [5, 5.41) is 3.24. The number of anilines is 1. The van der Waals surface area contributed by atoms with Gasteiger partial charge in [-0.1, -0.05) is 48.0 Å². The second-order valence-corrected chi connectivity index (χ2v) is 10.1. The summed E-state index contributed by atoms with van der Waals surface area (Å²) >= 11 is 13.1. The zero-order valence-corrected chi connectivity index (χ0v) is 22.8. The highest BCUT2D eigenvalue weighted by Crippen LogP contribution is 2.35. The number of hydrogen-bond acceptors (Lipinski definition) is 5. The molecule has 0 spiro atoms. The van der Waals surface area contributed by atoms with E-state index in [1.54, 1.807) is 36.7 Å². The van der Waals surface area contributed by atoms with E-state index in [0.29, 0.717) is 33.5 Å². The molecule has 0 aliphatic heterocycles. The largest absolute Gasteiger partial charge is 0.573 e. The van der Waals surface area contributed by atoms with E-state index in [4.69, 9.17) is 23.2 Å². The number of alkyl halides is 3. The molecule has 4 aromatic rings. The molecule has 0 fully saturated rings. The Morgan fingerprint density at radius 3 is 2.45 bits per heavy atom. The van der Waals surface area contributed by atoms with Crippen molar-refractivity contribution in [3.63, 3.8) is 0 Å². The van der Waals surface area contributed by atoms with Gasteiger partial charge in [0.25, 0.3) is 0 Å². The molecule has 1 heterocycles. The lowest BCUT2D eigenvalue weighted by Gasteiger charge is -2.19. The number of rotatable bonds is 7. The quantitative estimate of drug-likeness (QED) is 0.187. The number of aryl methyl sites for hydroxylation is 1. The zero-order chi connectivity index (χ0) is 28.4. The van der Waals surface area contributed by atoms with Gasteiger partial charge in [0.1, 0.15) is 12.1 Å². The average Bonchev–Trinajstić information content (AvgIpc) is 3.35. The number of para-hydroxylation sites is 1. The van der Waals surface area contributed by atoms with Gasteiger partial charge < -0.3 is 19.3 Å². The molecule has 0 unspecified atom stereocenters. The highest BCUT2D eigenvalue weighted by atomic mass is 35.5. The lowest BCUT2D eigenvalue weighted by molar-refractivity contribution is -0.274. The third kappa shape index (κ3) is 6.16. The number of urea groups is 1. The van der Waals surface area contributed by atoms with Gasteiger partial charge in [0.15, 0.2) is 0 Å². The molecule has 7 nitrogen and oxygen atoms in total. The van der Waals surface area contributed by atoms with Crippen molar-refractivity contribution in [3.8, 4) is 22.7 Å². The van der Waals surface area contributed by atoms with Gasteiger partial charge in [0.05, 0.1) is 39.3 Å². The van der Waals surface area contributed by atoms with Crippen molar-refractivity contribution in [2.75, 3.05) is 5.32 Å². The monoisotopic (exact) mass is 605 g/mol. The van der Waals surface area contributed by atoms with E-state index in [0.717, 1.165) is 46.6 Å². The number of benzene rings is 3. The number of carbonyl (C=O) groups excluding carboxylic acids is 1. The van der Waals surface area contributed by atoms with Crippen LogP contribution in [0.2, 0.25) is 10.0 Å². The van der Waals surface area contributed by atoms with Crippen LogP contribution in [0.25, 0.3) is 22.6 Å². The Kier molecular flexibility index (Phi) is 7.88. The smallest absolute Gasteiger partial charge is 0.406 e. The van der Waals surface area contributed by atoms with Crippen molar-refractivity contribution in [2.45, 2.75) is 19.2 Å². The van der Waals surface area contributed by atoms with Crippen LogP contribution in [-0.4, -0.2) is 21.9 Å². The first kappa shape index (κ1) is 27.8. The highest BCUT2D eigenvalue weighted by molar-refractivity contribution is 7.96. The summed E-state index contributed by atoms with van der Waals surface area (Å²) in [7, 11) is 0. The second-order valence-electron chi connectivity index (χ2n) is 8.66. The van der Waals surface area contributed by atoms with E-state index >= 15 is 0 Å². The number of nitrogens with zero attached hydrogens (tertiary/aromatic N) is 2. The van der Waals surface area contributed by atoms with Crippen LogP contribution in [0.1, 0.15) is 16.8 Å². The molecule has 0 atom stereocenters. The Balaban J connectivity index is 1.22. The topological polar surface area (TPSA) is 80.2 Å². The molecule has 5 rings (SSSR count). The van der Waals surface area contributed by atoms with Gasteiger partial charge in [-0.3, -0.25) is 4.72 Å². The average molecular weight is 606 g/mol. The summed E-state index contributed by atoms with van der Waals surface area (Å²) in [6.45, 7) is 4.05. The van der Waals surface area contributed by atoms with Gasteiger partial charge in [0, 0.05) is 16.9 Å². The number of aromatic nitrogens is 2. The minimum atomic E-state index is -4.74. The van der Waals surface area contributed by atoms with E-state index < -0.39 is 12.4 Å². The predicted molar refractivity (Wildman–Crippen MR) is 151 cm³/mol. The van der Waals surface area contributed by atoms with Gasteiger partial charge in [-0.25, -0.2) is 9.78 Å². The molecule has 3 N–H and O–H groups in total. The lowest BCUT2D eigenvalue weighted by Crippen LogP contribution is -2.26. The number of fused-ring (bicyclic) bond motifs is 3. The summed E-state index contributed by atoms with van der Waals surface area (Å²) in [5.41, 5.74) is 6.25. The minimum Gasteiger partial charge on any atom is -0.406 e. The molecule has 0 saturated heterocycles. The molecule has 40 heavy (non-hydrogen) atoms. The molecular formula is C27H20Cl2F3N5O2S. The summed E-state index contributed by atoms with van der Waals surface area (Å²) in [6.07, 6.45) is -1.66. The molecule has 206 valence electrons. The van der Waals surface area contributed by atoms with Crippen LogP contribution in [-0.2, 0) is 12.8 Å². The summed E-state index contributed by atoms with van der Waals surface area (Å²) in [5.74, 6) is -0.282. The highest BCUT2D eigenvalue weighted by Gasteiger charge is 2.31. The standard InChI is InChI=1S/C27H20Cl2F3N5O2S/c1-15(35-40-36-26(38)34-25-21(28)3-2-4-22(25)29)16-5-11-20-17(13-16)6-12-23-24(20)33-14-37(23)18-7-9-19(10-8-18)39-27(30,31)32/h2-5,7-11,13-14,35H,1,6,12H2,(H2,34,36,38). The molecule has 0 radical (unpaired) electrons. The van der Waals surface area contributed by atoms with Crippen LogP contribution >= 0.6 is 35.3 Å². The number of halogens is 5. The van der Waals surface area contributed by atoms with Crippen LogP contribution in [0.5, 0.6) is 5.75 Å². The molecular weight excluding hydrogens is 586 g/mol. The third-order valence-electron chi connectivity index (χ3n) is 6.07. The molecule has 0 bridgehead atoms. The fourth-order valence-corrected chi connectivity index (χ4v) is 5.22. The molecule has 0 saturated carbocycles. The number of hydrogen-bond donors (Lipinski definition) is 3. The number of imidazole rings is 1. The summed E-state index contributed by atoms with van der Waals surface area (Å²) in [6, 6.07) is 15.9. The predicted octanol–water partition coefficient (Wildman–Crippen LogP) is 7.79. The lowest BCUT2D eigenvalue weighted by atomic mass is 9.90. The summed E-state index contributed by atoms with van der Waals surface area (Å²) < 4.78 is 48.8. The van der Waals surface area contributed by atoms with Crippen molar-refractivity contribution >= 4 is 52.8 Å². The molecule has 13 heteroatoms. The van der Waals surface area contributed by atoms with E-state index in [2.05, 4.69) is 31.1 Å². The van der Waals surface area contributed by atoms with Crippen molar-refractivity contribution in [1.82, 2.24) is 19.0 Å². The van der Waals surface area contributed by atoms with Gasteiger partial charge >= 0.3 is 12.4 Å². The fourth-order valence-electron chi connectivity index (χ4n) is 4.29. The van der Waals surface area contributed by atoms with Gasteiger partial charge in [-0.15, -0.1) is 13.2 Å². The Morgan fingerprint density at radius 1 is 1.02 bits per heavy atom. The van der Waals surface area contributed by atoms with Gasteiger partial charge in [-0.2, -0.15) is 0 Å². The first-order chi connectivity index (χ1) is 19.1. The first-order valence-corrected chi connectivity index (χ1v) is 13.3. The van der Waals surface area contributed by atoms with E-state index in [9.17, 15) is 18.0 Å². The van der Waals surface area contributed by atoms with E-state index in [1.807, 2.05) is 22.8 Å². The molecule has 3 aromatic carbocycles. The molecule has 1 aromatic heterocycles. The molecule has 1 aliphatic rings. The maximum atomic E-state index is 12.5. The van der Waals surface area contributed by atoms with Crippen LogP contribution in [0.15, 0.2) is 73.6 Å². The maximum Gasteiger partial charge on any atom is 0.573 e. The maximum absolute atomic E-state index is 12.5. The first-order valence-electron chi connectivity index (χ1n) is 11.8. The summed E-state index contributed by atoms with van der Waals surface area (Å²) in [4.78, 5) is 16.8. The zero-order valence-electron chi connectivity index (χ0n) is 20.5. The SMILES string of the molecule is C=C(NSNC(=O)Nc1c(Cl)cccc1Cl)c1ccc2c(c1)CCc1c-2ncn1-c1ccc(OC(F)(F)F)cc1. The minimum absolute atomic E-state index is 0.282. The number of carbonyl (C=O) groups is 1. The van der Waals surface area contributed by atoms with E-state index in [-0.39, 0.29) is 5.75 Å². The van der Waals surface area contributed by atoms with Crippen LogP contribution in [0, 0.1) is 0 Å². The van der Waals surface area contributed by atoms with Crippen molar-refractivity contribution in [2.24, 2.45) is 0 Å². The van der Waals surface area contributed by atoms with Crippen molar-refractivity contribution in [1.29, 1.82) is 0 Å². The van der Waals surface area contributed by atoms with Gasteiger partial charge in [-0.05, 0) is 66.4 Å². The number of nitrogens with one attached hydrogen (secondary N) is 3. The van der Waals surface area contributed by atoms with Crippen LogP contribution < -0.4 is 19.5 Å². The van der Waals surface area contributed by atoms with Crippen LogP contribution in [0.4, 0.5) is 23.7 Å².